The normalized spacial score (nSPS) is 18.7. The fourth-order valence-electron chi connectivity index (χ4n) is 4.47. The van der Waals surface area contributed by atoms with Crippen LogP contribution in [-0.4, -0.2) is 38.6 Å². The van der Waals surface area contributed by atoms with E-state index in [4.69, 9.17) is 10.7 Å². The van der Waals surface area contributed by atoms with Crippen LogP contribution in [0.1, 0.15) is 42.7 Å². The molecule has 0 bridgehead atoms. The van der Waals surface area contributed by atoms with Gasteiger partial charge in [0, 0.05) is 24.5 Å². The highest BCUT2D eigenvalue weighted by molar-refractivity contribution is 5.83. The van der Waals surface area contributed by atoms with Gasteiger partial charge >= 0.3 is 0 Å². The Morgan fingerprint density at radius 2 is 1.56 bits per heavy atom. The Morgan fingerprint density at radius 1 is 0.906 bits per heavy atom. The Hall–Kier alpha value is -3.45. The monoisotopic (exact) mass is 427 g/mol. The van der Waals surface area contributed by atoms with E-state index in [0.29, 0.717) is 30.2 Å². The van der Waals surface area contributed by atoms with Gasteiger partial charge in [0.15, 0.2) is 11.5 Å². The number of nitrogens with two attached hydrogens (primary N) is 1. The van der Waals surface area contributed by atoms with Crippen molar-refractivity contribution in [1.29, 1.82) is 0 Å². The molecular formula is C25H29N7. The summed E-state index contributed by atoms with van der Waals surface area (Å²) in [7, 11) is 0. The summed E-state index contributed by atoms with van der Waals surface area (Å²) >= 11 is 0. The minimum Gasteiger partial charge on any atom is -0.367 e. The summed E-state index contributed by atoms with van der Waals surface area (Å²) in [4.78, 5) is 17.0. The number of hydrogen-bond donors (Lipinski definition) is 4. The molecule has 0 amide bonds. The summed E-state index contributed by atoms with van der Waals surface area (Å²) in [5.41, 5.74) is 10.1. The van der Waals surface area contributed by atoms with E-state index in [-0.39, 0.29) is 5.92 Å². The molecule has 2 aromatic heterocycles. The number of aromatic nitrogens is 4. The van der Waals surface area contributed by atoms with Crippen LogP contribution >= 0.6 is 0 Å². The van der Waals surface area contributed by atoms with Gasteiger partial charge in [0.2, 0.25) is 5.95 Å². The van der Waals surface area contributed by atoms with E-state index in [1.807, 2.05) is 12.1 Å². The highest BCUT2D eigenvalue weighted by Gasteiger charge is 2.21. The molecule has 32 heavy (non-hydrogen) atoms. The minimum absolute atomic E-state index is 0.196. The summed E-state index contributed by atoms with van der Waals surface area (Å²) in [5.74, 6) is 1.57. The molecule has 1 fully saturated rings. The molecular weight excluding hydrogens is 398 g/mol. The standard InChI is InChI=1S/C25H29N7/c26-19-11-13-20(14-12-19)30-25-31-23(22-24(32-25)29-16-28-22)27-15-21(17-7-3-1-4-8-17)18-9-5-2-6-10-18/h1-10,16,19-21H,11-15,26H2,(H3,27,28,29,30,31,32). The van der Waals surface area contributed by atoms with Crippen molar-refractivity contribution in [2.45, 2.75) is 43.7 Å². The molecule has 0 radical (unpaired) electrons. The van der Waals surface area contributed by atoms with Gasteiger partial charge in [-0.25, -0.2) is 4.98 Å². The molecule has 2 aromatic carbocycles. The number of rotatable bonds is 7. The van der Waals surface area contributed by atoms with Crippen molar-refractivity contribution >= 4 is 22.9 Å². The van der Waals surface area contributed by atoms with Gasteiger partial charge in [-0.1, -0.05) is 60.7 Å². The van der Waals surface area contributed by atoms with Crippen molar-refractivity contribution in [2.75, 3.05) is 17.2 Å². The number of nitrogens with one attached hydrogen (secondary N) is 3. The molecule has 7 heteroatoms. The highest BCUT2D eigenvalue weighted by Crippen LogP contribution is 2.27. The van der Waals surface area contributed by atoms with Gasteiger partial charge in [-0.2, -0.15) is 9.97 Å². The lowest BCUT2D eigenvalue weighted by molar-refractivity contribution is 0.410. The lowest BCUT2D eigenvalue weighted by Crippen LogP contribution is -2.33. The number of benzene rings is 2. The van der Waals surface area contributed by atoms with Crippen molar-refractivity contribution in [3.8, 4) is 0 Å². The van der Waals surface area contributed by atoms with Gasteiger partial charge in [-0.15, -0.1) is 0 Å². The molecule has 7 nitrogen and oxygen atoms in total. The summed E-state index contributed by atoms with van der Waals surface area (Å²) < 4.78 is 0. The molecule has 0 unspecified atom stereocenters. The molecule has 1 aliphatic carbocycles. The van der Waals surface area contributed by atoms with Crippen LogP contribution in [-0.2, 0) is 0 Å². The number of nitrogens with zero attached hydrogens (tertiary/aromatic N) is 3. The van der Waals surface area contributed by atoms with Gasteiger partial charge in [0.1, 0.15) is 5.52 Å². The zero-order valence-electron chi connectivity index (χ0n) is 18.0. The SMILES string of the molecule is NC1CCC(Nc2nc(NCC(c3ccccc3)c3ccccc3)c3[nH]cnc3n2)CC1. The van der Waals surface area contributed by atoms with Gasteiger partial charge in [0.25, 0.3) is 0 Å². The maximum atomic E-state index is 6.06. The second-order valence-electron chi connectivity index (χ2n) is 8.51. The third-order valence-electron chi connectivity index (χ3n) is 6.27. The molecule has 2 heterocycles. The molecule has 0 aliphatic heterocycles. The molecule has 4 aromatic rings. The quantitative estimate of drug-likeness (QED) is 0.351. The lowest BCUT2D eigenvalue weighted by Gasteiger charge is -2.27. The maximum absolute atomic E-state index is 6.06. The Morgan fingerprint density at radius 3 is 2.22 bits per heavy atom. The van der Waals surface area contributed by atoms with E-state index in [2.05, 4.69) is 74.1 Å². The molecule has 1 saturated carbocycles. The molecule has 164 valence electrons. The van der Waals surface area contributed by atoms with Crippen LogP contribution < -0.4 is 16.4 Å². The van der Waals surface area contributed by atoms with Crippen molar-refractivity contribution in [1.82, 2.24) is 19.9 Å². The van der Waals surface area contributed by atoms with E-state index in [1.165, 1.54) is 11.1 Å². The predicted molar refractivity (Wildman–Crippen MR) is 129 cm³/mol. The smallest absolute Gasteiger partial charge is 0.227 e. The minimum atomic E-state index is 0.196. The highest BCUT2D eigenvalue weighted by atomic mass is 15.2. The zero-order valence-corrected chi connectivity index (χ0v) is 18.0. The van der Waals surface area contributed by atoms with E-state index >= 15 is 0 Å². The summed E-state index contributed by atoms with van der Waals surface area (Å²) in [6.07, 6.45) is 5.80. The summed E-state index contributed by atoms with van der Waals surface area (Å²) in [6, 6.07) is 21.8. The average Bonchev–Trinajstić information content (AvgIpc) is 3.31. The molecule has 0 saturated heterocycles. The van der Waals surface area contributed by atoms with Gasteiger partial charge in [-0.05, 0) is 36.8 Å². The zero-order chi connectivity index (χ0) is 21.8. The van der Waals surface area contributed by atoms with Crippen LogP contribution in [0, 0.1) is 0 Å². The van der Waals surface area contributed by atoms with E-state index in [0.717, 1.165) is 37.0 Å². The summed E-state index contributed by atoms with van der Waals surface area (Å²) in [6.45, 7) is 0.705. The van der Waals surface area contributed by atoms with Crippen LogP contribution in [0.4, 0.5) is 11.8 Å². The van der Waals surface area contributed by atoms with E-state index in [9.17, 15) is 0 Å². The number of imidazole rings is 1. The molecule has 5 N–H and O–H groups in total. The topological polar surface area (TPSA) is 105 Å². The third kappa shape index (κ3) is 4.57. The van der Waals surface area contributed by atoms with Crippen LogP contribution in [0.2, 0.25) is 0 Å². The fourth-order valence-corrected chi connectivity index (χ4v) is 4.47. The molecule has 0 spiro atoms. The lowest BCUT2D eigenvalue weighted by atomic mass is 9.91. The van der Waals surface area contributed by atoms with Gasteiger partial charge in [-0.3, -0.25) is 0 Å². The number of H-pyrrole nitrogens is 1. The number of anilines is 2. The van der Waals surface area contributed by atoms with Crippen LogP contribution in [0.3, 0.4) is 0 Å². The Labute approximate surface area is 187 Å². The first-order chi connectivity index (χ1) is 15.8. The average molecular weight is 428 g/mol. The molecule has 1 aliphatic rings. The molecule has 5 rings (SSSR count). The Kier molecular flexibility index (Phi) is 5.98. The first kappa shape index (κ1) is 20.5. The number of hydrogen-bond acceptors (Lipinski definition) is 6. The van der Waals surface area contributed by atoms with Crippen molar-refractivity contribution in [3.05, 3.63) is 78.1 Å². The maximum Gasteiger partial charge on any atom is 0.227 e. The Bertz CT molecular complexity index is 1100. The van der Waals surface area contributed by atoms with Crippen LogP contribution in [0.15, 0.2) is 67.0 Å². The van der Waals surface area contributed by atoms with E-state index < -0.39 is 0 Å². The third-order valence-corrected chi connectivity index (χ3v) is 6.27. The first-order valence-corrected chi connectivity index (χ1v) is 11.3. The molecule has 0 atom stereocenters. The van der Waals surface area contributed by atoms with Crippen molar-refractivity contribution in [3.63, 3.8) is 0 Å². The van der Waals surface area contributed by atoms with Crippen molar-refractivity contribution in [2.24, 2.45) is 5.73 Å². The van der Waals surface area contributed by atoms with Crippen LogP contribution in [0.5, 0.6) is 0 Å². The van der Waals surface area contributed by atoms with Crippen LogP contribution in [0.25, 0.3) is 11.2 Å². The van der Waals surface area contributed by atoms with Crippen molar-refractivity contribution < 1.29 is 0 Å². The fraction of sp³-hybridized carbons (Fsp3) is 0.320. The number of fused-ring (bicyclic) bond motifs is 1. The van der Waals surface area contributed by atoms with Gasteiger partial charge in [0.05, 0.1) is 6.33 Å². The first-order valence-electron chi connectivity index (χ1n) is 11.3. The second kappa shape index (κ2) is 9.36. The number of aromatic amines is 1. The predicted octanol–water partition coefficient (Wildman–Crippen LogP) is 4.28. The largest absolute Gasteiger partial charge is 0.367 e. The van der Waals surface area contributed by atoms with Gasteiger partial charge < -0.3 is 21.4 Å². The van der Waals surface area contributed by atoms with E-state index in [1.54, 1.807) is 6.33 Å². The Balaban J connectivity index is 1.39. The second-order valence-corrected chi connectivity index (χ2v) is 8.51. The summed E-state index contributed by atoms with van der Waals surface area (Å²) in [5, 5.41) is 7.08.